The SMILES string of the molecule is CN=C(NCc1cnn(-c2ccccc2)c1)N1CCN(c2ccccc2O)CC1. The Labute approximate surface area is 170 Å². The van der Waals surface area contributed by atoms with E-state index in [1.54, 1.807) is 6.07 Å². The molecular formula is C22H26N6O. The van der Waals surface area contributed by atoms with E-state index in [2.05, 4.69) is 25.2 Å². The minimum atomic E-state index is 0.332. The Morgan fingerprint density at radius 2 is 1.76 bits per heavy atom. The fourth-order valence-corrected chi connectivity index (χ4v) is 3.58. The Hall–Kier alpha value is -3.48. The molecule has 0 radical (unpaired) electrons. The van der Waals surface area contributed by atoms with Crippen molar-refractivity contribution >= 4 is 11.6 Å². The molecule has 0 atom stereocenters. The van der Waals surface area contributed by atoms with Crippen LogP contribution in [0.15, 0.2) is 72.0 Å². The highest BCUT2D eigenvalue weighted by Gasteiger charge is 2.21. The summed E-state index contributed by atoms with van der Waals surface area (Å²) in [5.41, 5.74) is 3.04. The number of aromatic hydroxyl groups is 1. The molecule has 2 N–H and O–H groups in total. The number of guanidine groups is 1. The molecule has 0 spiro atoms. The van der Waals surface area contributed by atoms with Crippen LogP contribution in [0.1, 0.15) is 5.56 Å². The van der Waals surface area contributed by atoms with Crippen molar-refractivity contribution in [3.05, 3.63) is 72.6 Å². The maximum Gasteiger partial charge on any atom is 0.194 e. The molecule has 0 aliphatic carbocycles. The highest BCUT2D eigenvalue weighted by molar-refractivity contribution is 5.80. The number of anilines is 1. The Kier molecular flexibility index (Phi) is 5.65. The molecule has 1 aliphatic heterocycles. The number of aromatic nitrogens is 2. The van der Waals surface area contributed by atoms with E-state index < -0.39 is 0 Å². The van der Waals surface area contributed by atoms with Crippen LogP contribution in [-0.2, 0) is 6.54 Å². The van der Waals surface area contributed by atoms with Crippen LogP contribution in [0, 0.1) is 0 Å². The van der Waals surface area contributed by atoms with Gasteiger partial charge in [0.15, 0.2) is 5.96 Å². The van der Waals surface area contributed by atoms with Crippen molar-refractivity contribution in [3.8, 4) is 11.4 Å². The predicted molar refractivity (Wildman–Crippen MR) is 116 cm³/mol. The van der Waals surface area contributed by atoms with Crippen LogP contribution in [0.5, 0.6) is 5.75 Å². The van der Waals surface area contributed by atoms with E-state index in [0.29, 0.717) is 12.3 Å². The number of para-hydroxylation sites is 3. The smallest absolute Gasteiger partial charge is 0.194 e. The zero-order chi connectivity index (χ0) is 20.1. The van der Waals surface area contributed by atoms with Gasteiger partial charge in [-0.3, -0.25) is 4.99 Å². The van der Waals surface area contributed by atoms with Gasteiger partial charge in [0.1, 0.15) is 5.75 Å². The number of aliphatic imine (C=N–C) groups is 1. The van der Waals surface area contributed by atoms with Crippen molar-refractivity contribution in [3.63, 3.8) is 0 Å². The van der Waals surface area contributed by atoms with Gasteiger partial charge in [-0.05, 0) is 24.3 Å². The van der Waals surface area contributed by atoms with Crippen LogP contribution in [-0.4, -0.2) is 59.0 Å². The lowest BCUT2D eigenvalue weighted by Crippen LogP contribution is -2.52. The molecule has 0 unspecified atom stereocenters. The van der Waals surface area contributed by atoms with Gasteiger partial charge in [0.05, 0.1) is 17.6 Å². The highest BCUT2D eigenvalue weighted by atomic mass is 16.3. The fourth-order valence-electron chi connectivity index (χ4n) is 3.58. The van der Waals surface area contributed by atoms with Gasteiger partial charge in [-0.15, -0.1) is 0 Å². The summed E-state index contributed by atoms with van der Waals surface area (Å²) in [4.78, 5) is 8.90. The van der Waals surface area contributed by atoms with Gasteiger partial charge in [0, 0.05) is 51.5 Å². The lowest BCUT2D eigenvalue weighted by Gasteiger charge is -2.37. The van der Waals surface area contributed by atoms with Gasteiger partial charge >= 0.3 is 0 Å². The first-order valence-electron chi connectivity index (χ1n) is 9.82. The van der Waals surface area contributed by atoms with Crippen LogP contribution in [0.25, 0.3) is 5.69 Å². The Bertz CT molecular complexity index is 960. The Morgan fingerprint density at radius 3 is 2.48 bits per heavy atom. The summed E-state index contributed by atoms with van der Waals surface area (Å²) in [5, 5.41) is 18.0. The van der Waals surface area contributed by atoms with Gasteiger partial charge in [-0.1, -0.05) is 30.3 Å². The van der Waals surface area contributed by atoms with Crippen molar-refractivity contribution in [2.45, 2.75) is 6.54 Å². The summed E-state index contributed by atoms with van der Waals surface area (Å²) < 4.78 is 1.88. The van der Waals surface area contributed by atoms with Crippen LogP contribution >= 0.6 is 0 Å². The molecule has 2 aromatic carbocycles. The quantitative estimate of drug-likeness (QED) is 0.529. The van der Waals surface area contributed by atoms with E-state index in [1.165, 1.54) is 0 Å². The topological polar surface area (TPSA) is 68.9 Å². The molecule has 29 heavy (non-hydrogen) atoms. The van der Waals surface area contributed by atoms with E-state index in [9.17, 15) is 5.11 Å². The molecule has 1 aromatic heterocycles. The number of hydrogen-bond donors (Lipinski definition) is 2. The average molecular weight is 390 g/mol. The predicted octanol–water partition coefficient (Wildman–Crippen LogP) is 2.48. The molecule has 7 heteroatoms. The number of phenolic OH excluding ortho intramolecular Hbond substituents is 1. The van der Waals surface area contributed by atoms with Crippen molar-refractivity contribution in [2.24, 2.45) is 4.99 Å². The van der Waals surface area contributed by atoms with E-state index in [1.807, 2.05) is 72.7 Å². The monoisotopic (exact) mass is 390 g/mol. The second kappa shape index (κ2) is 8.68. The third-order valence-corrected chi connectivity index (χ3v) is 5.12. The minimum absolute atomic E-state index is 0.332. The molecule has 0 bridgehead atoms. The molecule has 7 nitrogen and oxygen atoms in total. The summed E-state index contributed by atoms with van der Waals surface area (Å²) in [6.45, 7) is 4.03. The summed E-state index contributed by atoms with van der Waals surface area (Å²) in [5.74, 6) is 1.22. The second-order valence-electron chi connectivity index (χ2n) is 6.99. The van der Waals surface area contributed by atoms with Crippen molar-refractivity contribution in [1.29, 1.82) is 0 Å². The van der Waals surface area contributed by atoms with Gasteiger partial charge < -0.3 is 20.2 Å². The number of phenols is 1. The zero-order valence-electron chi connectivity index (χ0n) is 16.6. The van der Waals surface area contributed by atoms with E-state index in [-0.39, 0.29) is 0 Å². The summed E-state index contributed by atoms with van der Waals surface area (Å²) in [6.07, 6.45) is 3.91. The molecule has 4 rings (SSSR count). The molecule has 0 saturated carbocycles. The summed E-state index contributed by atoms with van der Waals surface area (Å²) in [7, 11) is 1.81. The number of nitrogens with one attached hydrogen (secondary N) is 1. The normalized spacial score (nSPS) is 14.9. The Morgan fingerprint density at radius 1 is 1.03 bits per heavy atom. The van der Waals surface area contributed by atoms with E-state index >= 15 is 0 Å². The average Bonchev–Trinajstić information content (AvgIpc) is 3.25. The number of rotatable bonds is 4. The molecule has 0 amide bonds. The first kappa shape index (κ1) is 18.9. The summed E-state index contributed by atoms with van der Waals surface area (Å²) >= 11 is 0. The van der Waals surface area contributed by atoms with Gasteiger partial charge in [0.25, 0.3) is 0 Å². The maximum absolute atomic E-state index is 10.1. The highest BCUT2D eigenvalue weighted by Crippen LogP contribution is 2.27. The number of piperazine rings is 1. The van der Waals surface area contributed by atoms with E-state index in [0.717, 1.165) is 49.1 Å². The largest absolute Gasteiger partial charge is 0.506 e. The molecule has 150 valence electrons. The first-order valence-corrected chi connectivity index (χ1v) is 9.82. The van der Waals surface area contributed by atoms with Crippen molar-refractivity contribution in [1.82, 2.24) is 20.0 Å². The van der Waals surface area contributed by atoms with Gasteiger partial charge in [0.2, 0.25) is 0 Å². The van der Waals surface area contributed by atoms with Gasteiger partial charge in [-0.2, -0.15) is 5.10 Å². The molecular weight excluding hydrogens is 364 g/mol. The maximum atomic E-state index is 10.1. The summed E-state index contributed by atoms with van der Waals surface area (Å²) in [6, 6.07) is 17.6. The van der Waals surface area contributed by atoms with Crippen molar-refractivity contribution in [2.75, 3.05) is 38.1 Å². The van der Waals surface area contributed by atoms with Crippen LogP contribution in [0.3, 0.4) is 0 Å². The van der Waals surface area contributed by atoms with Gasteiger partial charge in [-0.25, -0.2) is 4.68 Å². The standard InChI is InChI=1S/C22H26N6O/c1-23-22(24-15-18-16-25-28(17-18)19-7-3-2-4-8-19)27-13-11-26(12-14-27)20-9-5-6-10-21(20)29/h2-10,16-17,29H,11-15H2,1H3,(H,23,24). The number of hydrogen-bond acceptors (Lipinski definition) is 4. The zero-order valence-corrected chi connectivity index (χ0v) is 16.6. The lowest BCUT2D eigenvalue weighted by atomic mass is 10.2. The fraction of sp³-hybridized carbons (Fsp3) is 0.273. The van der Waals surface area contributed by atoms with Crippen molar-refractivity contribution < 1.29 is 5.11 Å². The molecule has 3 aromatic rings. The lowest BCUT2D eigenvalue weighted by molar-refractivity contribution is 0.369. The van der Waals surface area contributed by atoms with Crippen LogP contribution < -0.4 is 10.2 Å². The molecule has 1 aliphatic rings. The second-order valence-corrected chi connectivity index (χ2v) is 6.99. The Balaban J connectivity index is 1.33. The minimum Gasteiger partial charge on any atom is -0.506 e. The molecule has 1 fully saturated rings. The third kappa shape index (κ3) is 4.34. The first-order chi connectivity index (χ1) is 14.2. The third-order valence-electron chi connectivity index (χ3n) is 5.12. The molecule has 1 saturated heterocycles. The van der Waals surface area contributed by atoms with Crippen LogP contribution in [0.4, 0.5) is 5.69 Å². The van der Waals surface area contributed by atoms with E-state index in [4.69, 9.17) is 0 Å². The number of benzene rings is 2. The number of nitrogens with zero attached hydrogens (tertiary/aromatic N) is 5. The van der Waals surface area contributed by atoms with Crippen LogP contribution in [0.2, 0.25) is 0 Å². The molecule has 2 heterocycles.